The maximum atomic E-state index is 12.3. The van der Waals surface area contributed by atoms with Crippen molar-refractivity contribution in [2.24, 2.45) is 0 Å². The number of aromatic nitrogens is 3. The van der Waals surface area contributed by atoms with Crippen LogP contribution in [0.3, 0.4) is 0 Å². The van der Waals surface area contributed by atoms with E-state index in [1.165, 1.54) is 23.0 Å². The minimum atomic E-state index is -2.65. The maximum Gasteiger partial charge on any atom is 0.284 e. The monoisotopic (exact) mass is 184 g/mol. The van der Waals surface area contributed by atoms with Gasteiger partial charge in [-0.25, -0.2) is 13.8 Å². The molecule has 0 fully saturated rings. The molecule has 0 spiro atoms. The fourth-order valence-electron chi connectivity index (χ4n) is 1.10. The summed E-state index contributed by atoms with van der Waals surface area (Å²) >= 11 is 0. The molecule has 2 N–H and O–H groups in total. The molecule has 4 nitrogen and oxygen atoms in total. The highest BCUT2D eigenvalue weighted by Crippen LogP contribution is 2.24. The largest absolute Gasteiger partial charge is 0.383 e. The van der Waals surface area contributed by atoms with Gasteiger partial charge in [-0.3, -0.25) is 9.38 Å². The van der Waals surface area contributed by atoms with E-state index in [0.717, 1.165) is 0 Å². The molecular formula is C7H6F2N4. The molecule has 0 saturated heterocycles. The predicted molar refractivity (Wildman–Crippen MR) is 42.4 cm³/mol. The van der Waals surface area contributed by atoms with Gasteiger partial charge in [0.15, 0.2) is 5.65 Å². The van der Waals surface area contributed by atoms with E-state index in [-0.39, 0.29) is 5.82 Å². The van der Waals surface area contributed by atoms with Gasteiger partial charge in [0.2, 0.25) is 0 Å². The van der Waals surface area contributed by atoms with Crippen molar-refractivity contribution in [2.45, 2.75) is 6.43 Å². The van der Waals surface area contributed by atoms with Gasteiger partial charge in [-0.15, -0.1) is 0 Å². The Hall–Kier alpha value is -1.72. The Morgan fingerprint density at radius 3 is 2.85 bits per heavy atom. The zero-order chi connectivity index (χ0) is 9.42. The molecule has 13 heavy (non-hydrogen) atoms. The summed E-state index contributed by atoms with van der Waals surface area (Å²) in [6.07, 6.45) is 1.67. The zero-order valence-corrected chi connectivity index (χ0v) is 6.48. The molecule has 2 rings (SSSR count). The summed E-state index contributed by atoms with van der Waals surface area (Å²) < 4.78 is 25.9. The molecule has 0 radical (unpaired) electrons. The highest BCUT2D eigenvalue weighted by Gasteiger charge is 2.17. The molecule has 0 bridgehead atoms. The fourth-order valence-corrected chi connectivity index (χ4v) is 1.10. The lowest BCUT2D eigenvalue weighted by atomic mass is 10.4. The number of rotatable bonds is 1. The molecule has 2 aromatic rings. The Morgan fingerprint density at radius 1 is 1.46 bits per heavy atom. The SMILES string of the molecule is Nc1c(C(F)F)nc2cnccn12. The Labute approximate surface area is 72.0 Å². The Bertz CT molecular complexity index is 437. The van der Waals surface area contributed by atoms with Crippen LogP contribution in [0.1, 0.15) is 12.1 Å². The second-order valence-corrected chi connectivity index (χ2v) is 2.49. The number of nitrogens with zero attached hydrogens (tertiary/aromatic N) is 3. The number of hydrogen-bond donors (Lipinski definition) is 1. The molecule has 0 aliphatic heterocycles. The number of hydrogen-bond acceptors (Lipinski definition) is 3. The first-order valence-electron chi connectivity index (χ1n) is 3.55. The summed E-state index contributed by atoms with van der Waals surface area (Å²) in [5.74, 6) is -0.0348. The third-order valence-corrected chi connectivity index (χ3v) is 1.70. The van der Waals surface area contributed by atoms with Crippen LogP contribution in [0.5, 0.6) is 0 Å². The second kappa shape index (κ2) is 2.65. The topological polar surface area (TPSA) is 56.2 Å². The summed E-state index contributed by atoms with van der Waals surface area (Å²) in [7, 11) is 0. The predicted octanol–water partition coefficient (Wildman–Crippen LogP) is 1.25. The number of nitrogens with two attached hydrogens (primary N) is 1. The normalized spacial score (nSPS) is 11.3. The number of halogens is 2. The molecule has 2 aromatic heterocycles. The summed E-state index contributed by atoms with van der Waals surface area (Å²) in [4.78, 5) is 7.38. The van der Waals surface area contributed by atoms with Crippen LogP contribution >= 0.6 is 0 Å². The van der Waals surface area contributed by atoms with Crippen molar-refractivity contribution in [3.8, 4) is 0 Å². The third-order valence-electron chi connectivity index (χ3n) is 1.70. The van der Waals surface area contributed by atoms with E-state index >= 15 is 0 Å². The summed E-state index contributed by atoms with van der Waals surface area (Å²) in [5, 5.41) is 0. The van der Waals surface area contributed by atoms with E-state index in [1.54, 1.807) is 0 Å². The average Bonchev–Trinajstić information content (AvgIpc) is 2.45. The Kier molecular flexibility index (Phi) is 1.61. The highest BCUT2D eigenvalue weighted by molar-refractivity contribution is 5.51. The number of nitrogen functional groups attached to an aromatic ring is 1. The van der Waals surface area contributed by atoms with Gasteiger partial charge in [-0.05, 0) is 0 Å². The van der Waals surface area contributed by atoms with Crippen LogP contribution < -0.4 is 5.73 Å². The van der Waals surface area contributed by atoms with E-state index in [9.17, 15) is 8.78 Å². The molecule has 0 atom stereocenters. The highest BCUT2D eigenvalue weighted by atomic mass is 19.3. The third kappa shape index (κ3) is 1.10. The molecule has 0 amide bonds. The Morgan fingerprint density at radius 2 is 2.23 bits per heavy atom. The van der Waals surface area contributed by atoms with Gasteiger partial charge in [-0.2, -0.15) is 0 Å². The van der Waals surface area contributed by atoms with Crippen molar-refractivity contribution in [2.75, 3.05) is 5.73 Å². The van der Waals surface area contributed by atoms with Crippen LogP contribution in [-0.4, -0.2) is 14.4 Å². The van der Waals surface area contributed by atoms with Gasteiger partial charge in [-0.1, -0.05) is 0 Å². The van der Waals surface area contributed by atoms with Crippen molar-refractivity contribution < 1.29 is 8.78 Å². The van der Waals surface area contributed by atoms with E-state index in [2.05, 4.69) is 9.97 Å². The van der Waals surface area contributed by atoms with Crippen molar-refractivity contribution in [1.29, 1.82) is 0 Å². The molecule has 0 aliphatic rings. The van der Waals surface area contributed by atoms with Gasteiger partial charge in [0.1, 0.15) is 11.5 Å². The van der Waals surface area contributed by atoms with Gasteiger partial charge >= 0.3 is 0 Å². The first-order chi connectivity index (χ1) is 6.20. The van der Waals surface area contributed by atoms with Crippen molar-refractivity contribution in [1.82, 2.24) is 14.4 Å². The van der Waals surface area contributed by atoms with Gasteiger partial charge in [0.25, 0.3) is 6.43 Å². The molecule has 0 aliphatic carbocycles. The quantitative estimate of drug-likeness (QED) is 0.725. The van der Waals surface area contributed by atoms with Crippen LogP contribution in [0.2, 0.25) is 0 Å². The Balaban J connectivity index is 2.74. The summed E-state index contributed by atoms with van der Waals surface area (Å²) in [5.41, 5.74) is 5.37. The summed E-state index contributed by atoms with van der Waals surface area (Å²) in [6.45, 7) is 0. The molecule has 2 heterocycles. The van der Waals surface area contributed by atoms with Crippen LogP contribution in [0.4, 0.5) is 14.6 Å². The lowest BCUT2D eigenvalue weighted by Crippen LogP contribution is -1.96. The van der Waals surface area contributed by atoms with Gasteiger partial charge in [0, 0.05) is 12.4 Å². The molecule has 68 valence electrons. The zero-order valence-electron chi connectivity index (χ0n) is 6.48. The number of fused-ring (bicyclic) bond motifs is 1. The molecule has 6 heteroatoms. The van der Waals surface area contributed by atoms with Crippen LogP contribution in [0.15, 0.2) is 18.6 Å². The molecule has 0 unspecified atom stereocenters. The first-order valence-corrected chi connectivity index (χ1v) is 3.55. The number of anilines is 1. The molecule has 0 saturated carbocycles. The van der Waals surface area contributed by atoms with Crippen LogP contribution in [0.25, 0.3) is 5.65 Å². The van der Waals surface area contributed by atoms with E-state index in [0.29, 0.717) is 5.65 Å². The molecule has 0 aromatic carbocycles. The maximum absolute atomic E-state index is 12.3. The lowest BCUT2D eigenvalue weighted by Gasteiger charge is -1.95. The standard InChI is InChI=1S/C7H6F2N4/c8-6(9)5-7(10)13-2-1-11-3-4(13)12-5/h1-3,6H,10H2. The average molecular weight is 184 g/mol. The van der Waals surface area contributed by atoms with Crippen molar-refractivity contribution >= 4 is 11.5 Å². The first kappa shape index (κ1) is 7.90. The minimum Gasteiger partial charge on any atom is -0.383 e. The van der Waals surface area contributed by atoms with Gasteiger partial charge in [0.05, 0.1) is 6.20 Å². The van der Waals surface area contributed by atoms with Crippen molar-refractivity contribution in [3.63, 3.8) is 0 Å². The smallest absolute Gasteiger partial charge is 0.284 e. The van der Waals surface area contributed by atoms with E-state index in [1.807, 2.05) is 0 Å². The fraction of sp³-hybridized carbons (Fsp3) is 0.143. The number of imidazole rings is 1. The van der Waals surface area contributed by atoms with Crippen LogP contribution in [0, 0.1) is 0 Å². The van der Waals surface area contributed by atoms with Crippen LogP contribution in [-0.2, 0) is 0 Å². The lowest BCUT2D eigenvalue weighted by molar-refractivity contribution is 0.147. The van der Waals surface area contributed by atoms with Crippen molar-refractivity contribution in [3.05, 3.63) is 24.3 Å². The molecular weight excluding hydrogens is 178 g/mol. The second-order valence-electron chi connectivity index (χ2n) is 2.49. The number of alkyl halides is 2. The minimum absolute atomic E-state index is 0.0348. The van der Waals surface area contributed by atoms with E-state index < -0.39 is 12.1 Å². The van der Waals surface area contributed by atoms with E-state index in [4.69, 9.17) is 5.73 Å². The van der Waals surface area contributed by atoms with Gasteiger partial charge < -0.3 is 5.73 Å². The summed E-state index contributed by atoms with van der Waals surface area (Å²) in [6, 6.07) is 0.